The Bertz CT molecular complexity index is 740. The summed E-state index contributed by atoms with van der Waals surface area (Å²) in [6, 6.07) is 0. The maximum Gasteiger partial charge on any atom is 0.343 e. The lowest BCUT2D eigenvalue weighted by Crippen LogP contribution is -2.62. The third-order valence-corrected chi connectivity index (χ3v) is 7.01. The van der Waals surface area contributed by atoms with Crippen LogP contribution in [0.4, 0.5) is 0 Å². The zero-order valence-electron chi connectivity index (χ0n) is 12.2. The highest BCUT2D eigenvalue weighted by Gasteiger charge is 3.03. The fraction of sp³-hybridized carbons (Fsp3) is 0.667. The molecule has 2 saturated carbocycles. The molecule has 116 valence electrons. The van der Waals surface area contributed by atoms with Gasteiger partial charge in [-0.3, -0.25) is 9.59 Å². The summed E-state index contributed by atoms with van der Waals surface area (Å²) >= 11 is 0. The van der Waals surface area contributed by atoms with E-state index in [-0.39, 0.29) is 0 Å². The Morgan fingerprint density at radius 2 is 1.91 bits per heavy atom. The number of hydrogen-bond donors (Lipinski definition) is 1. The van der Waals surface area contributed by atoms with Crippen molar-refractivity contribution >= 4 is 17.7 Å². The number of aliphatic hydroxyl groups is 1. The first-order valence-electron chi connectivity index (χ1n) is 7.19. The molecule has 0 aromatic rings. The predicted octanol–water partition coefficient (Wildman–Crippen LogP) is -0.676. The minimum absolute atomic E-state index is 0.297. The van der Waals surface area contributed by atoms with Gasteiger partial charge in [-0.25, -0.2) is 4.79 Å². The number of allylic oxidation sites excluding steroid dienone is 1. The molecule has 1 N–H and O–H groups in total. The van der Waals surface area contributed by atoms with Gasteiger partial charge in [0.1, 0.15) is 5.76 Å². The maximum atomic E-state index is 12.9. The van der Waals surface area contributed by atoms with Crippen LogP contribution in [-0.4, -0.2) is 47.2 Å². The van der Waals surface area contributed by atoms with Crippen molar-refractivity contribution in [3.05, 3.63) is 11.8 Å². The number of methoxy groups -OCH3 is 1. The summed E-state index contributed by atoms with van der Waals surface area (Å²) in [5, 5.41) is 11.2. The second-order valence-corrected chi connectivity index (χ2v) is 7.21. The largest absolute Gasteiger partial charge is 0.501 e. The highest BCUT2D eigenvalue weighted by atomic mass is 16.6. The number of ketones is 1. The van der Waals surface area contributed by atoms with Crippen molar-refractivity contribution in [2.45, 2.75) is 31.2 Å². The molecule has 0 spiro atoms. The van der Waals surface area contributed by atoms with E-state index in [0.29, 0.717) is 5.76 Å². The van der Waals surface area contributed by atoms with Crippen LogP contribution >= 0.6 is 0 Å². The highest BCUT2D eigenvalue weighted by Crippen LogP contribution is 2.85. The number of rotatable bonds is 1. The SMILES string of the molecule is COC1=CC(=O)[C@@]23OC(=O)[C@]4(O)[C@H]5OC(=O)[C@@H]([C@H]1[C@]24C)[C@]53C. The first-order chi connectivity index (χ1) is 10.2. The van der Waals surface area contributed by atoms with Crippen LogP contribution < -0.4 is 0 Å². The normalized spacial score (nSPS) is 59.5. The van der Waals surface area contributed by atoms with Crippen LogP contribution in [0.2, 0.25) is 0 Å². The molecule has 22 heavy (non-hydrogen) atoms. The molecule has 0 radical (unpaired) electrons. The van der Waals surface area contributed by atoms with Gasteiger partial charge in [0.05, 0.1) is 23.9 Å². The molecule has 5 aliphatic rings. The summed E-state index contributed by atoms with van der Waals surface area (Å²) < 4.78 is 16.1. The van der Waals surface area contributed by atoms with E-state index in [1.165, 1.54) is 13.2 Å². The zero-order valence-corrected chi connectivity index (χ0v) is 12.2. The van der Waals surface area contributed by atoms with E-state index in [0.717, 1.165) is 0 Å². The van der Waals surface area contributed by atoms with Crippen molar-refractivity contribution in [1.29, 1.82) is 0 Å². The van der Waals surface area contributed by atoms with E-state index < -0.39 is 57.7 Å². The van der Waals surface area contributed by atoms with Gasteiger partial charge in [-0.2, -0.15) is 0 Å². The number of esters is 2. The summed E-state index contributed by atoms with van der Waals surface area (Å²) in [5.74, 6) is -2.85. The first kappa shape index (κ1) is 12.6. The minimum Gasteiger partial charge on any atom is -0.501 e. The van der Waals surface area contributed by atoms with Crippen molar-refractivity contribution < 1.29 is 33.7 Å². The quantitative estimate of drug-likeness (QED) is 0.641. The monoisotopic (exact) mass is 306 g/mol. The summed E-state index contributed by atoms with van der Waals surface area (Å²) in [4.78, 5) is 37.7. The first-order valence-corrected chi connectivity index (χ1v) is 7.19. The van der Waals surface area contributed by atoms with Gasteiger partial charge in [0.2, 0.25) is 11.4 Å². The van der Waals surface area contributed by atoms with Gasteiger partial charge < -0.3 is 19.3 Å². The van der Waals surface area contributed by atoms with Crippen molar-refractivity contribution in [2.75, 3.05) is 7.11 Å². The molecule has 2 aliphatic heterocycles. The molecule has 7 nitrogen and oxygen atoms in total. The fourth-order valence-corrected chi connectivity index (χ4v) is 6.29. The van der Waals surface area contributed by atoms with Gasteiger partial charge >= 0.3 is 11.9 Å². The molecule has 0 amide bonds. The van der Waals surface area contributed by atoms with Gasteiger partial charge in [0, 0.05) is 12.0 Å². The average Bonchev–Trinajstić information content (AvgIpc) is 2.89. The second kappa shape index (κ2) is 2.82. The smallest absolute Gasteiger partial charge is 0.343 e. The molecule has 0 aromatic carbocycles. The number of carbonyl (C=O) groups excluding carboxylic acids is 3. The Morgan fingerprint density at radius 3 is 2.55 bits per heavy atom. The zero-order chi connectivity index (χ0) is 15.9. The van der Waals surface area contributed by atoms with Gasteiger partial charge in [-0.05, 0) is 0 Å². The topological polar surface area (TPSA) is 99.1 Å². The van der Waals surface area contributed by atoms with E-state index in [4.69, 9.17) is 14.2 Å². The molecule has 5 bridgehead atoms. The number of fused-ring (bicyclic) bond motifs is 2. The molecule has 3 aliphatic carbocycles. The van der Waals surface area contributed by atoms with Crippen molar-refractivity contribution in [3.8, 4) is 0 Å². The van der Waals surface area contributed by atoms with Crippen molar-refractivity contribution in [1.82, 2.24) is 0 Å². The number of ether oxygens (including phenoxy) is 3. The average molecular weight is 306 g/mol. The van der Waals surface area contributed by atoms with Crippen LogP contribution in [0, 0.1) is 22.7 Å². The Hall–Kier alpha value is -1.89. The van der Waals surface area contributed by atoms with Gasteiger partial charge in [-0.15, -0.1) is 0 Å². The molecular weight excluding hydrogens is 292 g/mol. The van der Waals surface area contributed by atoms with Crippen molar-refractivity contribution in [3.63, 3.8) is 0 Å². The van der Waals surface area contributed by atoms with Crippen LogP contribution in [0.1, 0.15) is 13.8 Å². The van der Waals surface area contributed by atoms with Crippen LogP contribution in [0.3, 0.4) is 0 Å². The van der Waals surface area contributed by atoms with E-state index >= 15 is 0 Å². The molecule has 5 rings (SSSR count). The lowest BCUT2D eigenvalue weighted by molar-refractivity contribution is -0.204. The third-order valence-electron chi connectivity index (χ3n) is 7.01. The van der Waals surface area contributed by atoms with Crippen LogP contribution in [-0.2, 0) is 28.6 Å². The number of hydrogen-bond acceptors (Lipinski definition) is 7. The Labute approximate surface area is 125 Å². The van der Waals surface area contributed by atoms with Crippen LogP contribution in [0.5, 0.6) is 0 Å². The number of carbonyl (C=O) groups is 3. The highest BCUT2D eigenvalue weighted by molar-refractivity contribution is 6.10. The second-order valence-electron chi connectivity index (χ2n) is 7.21. The standard InChI is InChI=1S/C15H14O7/c1-12-8-7-5(20-3)4-6(16)15(12)13(7,2)14(19,11(18)22-15)10(12)21-9(8)17/h4,7-8,10,19H,1-3H3/t7-,8+,10-,12+,13-,14+,15-/m0/s1. The van der Waals surface area contributed by atoms with Crippen LogP contribution in [0.15, 0.2) is 11.8 Å². The van der Waals surface area contributed by atoms with E-state index in [9.17, 15) is 19.5 Å². The molecule has 4 fully saturated rings. The molecular formula is C15H14O7. The Balaban J connectivity index is 1.96. The Kier molecular flexibility index (Phi) is 1.62. The minimum atomic E-state index is -2.03. The van der Waals surface area contributed by atoms with Crippen molar-refractivity contribution in [2.24, 2.45) is 22.7 Å². The third kappa shape index (κ3) is 0.683. The lowest BCUT2D eigenvalue weighted by Gasteiger charge is -2.43. The Morgan fingerprint density at radius 1 is 1.23 bits per heavy atom. The summed E-state index contributed by atoms with van der Waals surface area (Å²) in [7, 11) is 1.40. The van der Waals surface area contributed by atoms with E-state index in [1.807, 2.05) is 0 Å². The molecule has 7 heteroatoms. The summed E-state index contributed by atoms with van der Waals surface area (Å²) in [6.07, 6.45) is 0.235. The van der Waals surface area contributed by atoms with Gasteiger partial charge in [-0.1, -0.05) is 13.8 Å². The van der Waals surface area contributed by atoms with Crippen LogP contribution in [0.25, 0.3) is 0 Å². The van der Waals surface area contributed by atoms with Gasteiger partial charge in [0.25, 0.3) is 0 Å². The van der Waals surface area contributed by atoms with E-state index in [2.05, 4.69) is 0 Å². The van der Waals surface area contributed by atoms with E-state index in [1.54, 1.807) is 13.8 Å². The molecule has 0 unspecified atom stereocenters. The summed E-state index contributed by atoms with van der Waals surface area (Å²) in [5.41, 5.74) is -5.95. The molecule has 7 atom stereocenters. The summed E-state index contributed by atoms with van der Waals surface area (Å²) in [6.45, 7) is 3.33. The molecule has 2 heterocycles. The maximum absolute atomic E-state index is 12.9. The fourth-order valence-electron chi connectivity index (χ4n) is 6.29. The molecule has 2 saturated heterocycles. The van der Waals surface area contributed by atoms with Gasteiger partial charge in [0.15, 0.2) is 11.7 Å². The molecule has 0 aromatic heterocycles. The lowest BCUT2D eigenvalue weighted by atomic mass is 9.58. The predicted molar refractivity (Wildman–Crippen MR) is 66.9 cm³/mol.